The lowest BCUT2D eigenvalue weighted by Gasteiger charge is -2.42. The molecular weight excluding hydrogens is 244 g/mol. The molecule has 0 aromatic rings. The molecule has 1 aliphatic carbocycles. The summed E-state index contributed by atoms with van der Waals surface area (Å²) < 4.78 is 0. The molecule has 0 bridgehead atoms. The van der Waals surface area contributed by atoms with Crippen LogP contribution in [-0.4, -0.2) is 36.6 Å². The lowest BCUT2D eigenvalue weighted by molar-refractivity contribution is 0.0843. The van der Waals surface area contributed by atoms with Crippen molar-refractivity contribution in [2.45, 2.75) is 84.2 Å². The predicted molar refractivity (Wildman–Crippen MR) is 88.1 cm³/mol. The van der Waals surface area contributed by atoms with Crippen LogP contribution in [0.4, 0.5) is 0 Å². The summed E-state index contributed by atoms with van der Waals surface area (Å²) in [4.78, 5) is 2.85. The Morgan fingerprint density at radius 3 is 2.70 bits per heavy atom. The van der Waals surface area contributed by atoms with Crippen LogP contribution in [0.5, 0.6) is 0 Å². The molecule has 1 saturated heterocycles. The fourth-order valence-electron chi connectivity index (χ4n) is 4.49. The molecule has 0 spiro atoms. The molecule has 1 heterocycles. The summed E-state index contributed by atoms with van der Waals surface area (Å²) in [5.41, 5.74) is 0. The van der Waals surface area contributed by atoms with E-state index in [9.17, 15) is 0 Å². The second-order valence-electron chi connectivity index (χ2n) is 7.28. The number of hydrogen-bond acceptors (Lipinski definition) is 2. The van der Waals surface area contributed by atoms with E-state index in [1.165, 1.54) is 64.5 Å². The Bertz CT molecular complexity index is 264. The van der Waals surface area contributed by atoms with Gasteiger partial charge in [0.1, 0.15) is 0 Å². The quantitative estimate of drug-likeness (QED) is 0.789. The van der Waals surface area contributed by atoms with Crippen molar-refractivity contribution in [3.05, 3.63) is 0 Å². The molecule has 2 heteroatoms. The second-order valence-corrected chi connectivity index (χ2v) is 7.28. The van der Waals surface area contributed by atoms with Crippen molar-refractivity contribution in [2.24, 2.45) is 11.8 Å². The number of hydrogen-bond donors (Lipinski definition) is 1. The molecule has 20 heavy (non-hydrogen) atoms. The minimum Gasteiger partial charge on any atom is -0.314 e. The maximum atomic E-state index is 3.76. The zero-order valence-corrected chi connectivity index (χ0v) is 14.0. The van der Waals surface area contributed by atoms with Gasteiger partial charge >= 0.3 is 0 Å². The van der Waals surface area contributed by atoms with Crippen LogP contribution in [0.2, 0.25) is 0 Å². The van der Waals surface area contributed by atoms with Gasteiger partial charge in [-0.05, 0) is 63.5 Å². The highest BCUT2D eigenvalue weighted by molar-refractivity contribution is 4.87. The van der Waals surface area contributed by atoms with Crippen molar-refractivity contribution in [1.82, 2.24) is 10.2 Å². The first kappa shape index (κ1) is 16.3. The van der Waals surface area contributed by atoms with Crippen molar-refractivity contribution < 1.29 is 0 Å². The van der Waals surface area contributed by atoms with Gasteiger partial charge in [-0.15, -0.1) is 0 Å². The monoisotopic (exact) mass is 280 g/mol. The van der Waals surface area contributed by atoms with Gasteiger partial charge in [0.05, 0.1) is 0 Å². The molecule has 0 amide bonds. The molecule has 2 aliphatic rings. The van der Waals surface area contributed by atoms with E-state index in [4.69, 9.17) is 0 Å². The maximum absolute atomic E-state index is 3.76. The maximum Gasteiger partial charge on any atom is 0.0108 e. The Morgan fingerprint density at radius 2 is 1.95 bits per heavy atom. The summed E-state index contributed by atoms with van der Waals surface area (Å²) in [6.45, 7) is 10.9. The molecule has 4 atom stereocenters. The molecule has 118 valence electrons. The van der Waals surface area contributed by atoms with Gasteiger partial charge in [0.25, 0.3) is 0 Å². The lowest BCUT2D eigenvalue weighted by Crippen LogP contribution is -2.49. The molecule has 1 aliphatic heterocycles. The van der Waals surface area contributed by atoms with Crippen LogP contribution in [0.25, 0.3) is 0 Å². The topological polar surface area (TPSA) is 15.3 Å². The third kappa shape index (κ3) is 4.46. The molecule has 2 nitrogen and oxygen atoms in total. The molecule has 1 saturated carbocycles. The zero-order chi connectivity index (χ0) is 14.4. The smallest absolute Gasteiger partial charge is 0.0108 e. The van der Waals surface area contributed by atoms with E-state index in [1.807, 2.05) is 0 Å². The largest absolute Gasteiger partial charge is 0.314 e. The average Bonchev–Trinajstić information content (AvgIpc) is 2.44. The minimum atomic E-state index is 0.778. The SMILES string of the molecule is CCCC1CCCCN1CC1CC(C)CCC1NCC. The van der Waals surface area contributed by atoms with E-state index >= 15 is 0 Å². The van der Waals surface area contributed by atoms with Crippen LogP contribution < -0.4 is 5.32 Å². The summed E-state index contributed by atoms with van der Waals surface area (Å²) in [6, 6.07) is 1.66. The van der Waals surface area contributed by atoms with Gasteiger partial charge in [-0.2, -0.15) is 0 Å². The standard InChI is InChI=1S/C18H36N2/c1-4-8-17-9-6-7-12-20(17)14-16-13-15(3)10-11-18(16)19-5-2/h15-19H,4-14H2,1-3H3. The van der Waals surface area contributed by atoms with Crippen LogP contribution in [0.15, 0.2) is 0 Å². The van der Waals surface area contributed by atoms with E-state index in [1.54, 1.807) is 0 Å². The van der Waals surface area contributed by atoms with Gasteiger partial charge < -0.3 is 10.2 Å². The van der Waals surface area contributed by atoms with Crippen LogP contribution in [0, 0.1) is 11.8 Å². The van der Waals surface area contributed by atoms with Crippen molar-refractivity contribution in [1.29, 1.82) is 0 Å². The Balaban J connectivity index is 1.93. The van der Waals surface area contributed by atoms with Crippen molar-refractivity contribution in [3.8, 4) is 0 Å². The van der Waals surface area contributed by atoms with E-state index in [0.29, 0.717) is 0 Å². The molecule has 2 fully saturated rings. The number of rotatable bonds is 6. The van der Waals surface area contributed by atoms with Crippen molar-refractivity contribution in [3.63, 3.8) is 0 Å². The van der Waals surface area contributed by atoms with E-state index < -0.39 is 0 Å². The third-order valence-electron chi connectivity index (χ3n) is 5.55. The van der Waals surface area contributed by atoms with Crippen LogP contribution in [-0.2, 0) is 0 Å². The number of likely N-dealkylation sites (tertiary alicyclic amines) is 1. The number of nitrogens with one attached hydrogen (secondary N) is 1. The minimum absolute atomic E-state index is 0.778. The molecular formula is C18H36N2. The molecule has 1 N–H and O–H groups in total. The lowest BCUT2D eigenvalue weighted by atomic mass is 9.78. The summed E-state index contributed by atoms with van der Waals surface area (Å²) in [5, 5.41) is 3.76. The predicted octanol–water partition coefficient (Wildman–Crippen LogP) is 4.06. The van der Waals surface area contributed by atoms with Gasteiger partial charge in [0.2, 0.25) is 0 Å². The van der Waals surface area contributed by atoms with E-state index in [0.717, 1.165) is 30.5 Å². The average molecular weight is 281 g/mol. The Kier molecular flexibility index (Phi) is 6.83. The van der Waals surface area contributed by atoms with Crippen molar-refractivity contribution in [2.75, 3.05) is 19.6 Å². The molecule has 2 rings (SSSR count). The Labute approximate surface area is 126 Å². The highest BCUT2D eigenvalue weighted by Crippen LogP contribution is 2.32. The zero-order valence-electron chi connectivity index (χ0n) is 14.0. The van der Waals surface area contributed by atoms with Crippen LogP contribution in [0.3, 0.4) is 0 Å². The normalized spacial score (nSPS) is 36.1. The first-order valence-corrected chi connectivity index (χ1v) is 9.22. The fraction of sp³-hybridized carbons (Fsp3) is 1.00. The fourth-order valence-corrected chi connectivity index (χ4v) is 4.49. The molecule has 0 radical (unpaired) electrons. The van der Waals surface area contributed by atoms with Crippen molar-refractivity contribution >= 4 is 0 Å². The van der Waals surface area contributed by atoms with Crippen LogP contribution >= 0.6 is 0 Å². The summed E-state index contributed by atoms with van der Waals surface area (Å²) >= 11 is 0. The van der Waals surface area contributed by atoms with Gasteiger partial charge in [0.15, 0.2) is 0 Å². The highest BCUT2D eigenvalue weighted by atomic mass is 15.2. The van der Waals surface area contributed by atoms with Gasteiger partial charge in [-0.1, -0.05) is 33.6 Å². The number of nitrogens with zero attached hydrogens (tertiary/aromatic N) is 1. The molecule has 4 unspecified atom stereocenters. The first-order valence-electron chi connectivity index (χ1n) is 9.22. The Hall–Kier alpha value is -0.0800. The summed E-state index contributed by atoms with van der Waals surface area (Å²) in [5.74, 6) is 1.82. The molecule has 0 aromatic heterocycles. The summed E-state index contributed by atoms with van der Waals surface area (Å²) in [6.07, 6.45) is 11.3. The number of piperidine rings is 1. The van der Waals surface area contributed by atoms with Crippen LogP contribution in [0.1, 0.15) is 72.1 Å². The van der Waals surface area contributed by atoms with Gasteiger partial charge in [-0.25, -0.2) is 0 Å². The second kappa shape index (κ2) is 8.38. The first-order chi connectivity index (χ1) is 9.74. The van der Waals surface area contributed by atoms with E-state index in [-0.39, 0.29) is 0 Å². The summed E-state index contributed by atoms with van der Waals surface area (Å²) in [7, 11) is 0. The van der Waals surface area contributed by atoms with Gasteiger partial charge in [-0.3, -0.25) is 0 Å². The molecule has 0 aromatic carbocycles. The third-order valence-corrected chi connectivity index (χ3v) is 5.55. The highest BCUT2D eigenvalue weighted by Gasteiger charge is 2.31. The van der Waals surface area contributed by atoms with E-state index in [2.05, 4.69) is 31.0 Å². The Morgan fingerprint density at radius 1 is 1.10 bits per heavy atom. The van der Waals surface area contributed by atoms with Gasteiger partial charge in [0, 0.05) is 18.6 Å².